The van der Waals surface area contributed by atoms with E-state index < -0.39 is 0 Å². The summed E-state index contributed by atoms with van der Waals surface area (Å²) >= 11 is 0. The summed E-state index contributed by atoms with van der Waals surface area (Å²) in [5.41, 5.74) is 0.596. The third-order valence-electron chi connectivity index (χ3n) is 8.16. The van der Waals surface area contributed by atoms with Crippen LogP contribution in [0.5, 0.6) is 11.5 Å². The lowest BCUT2D eigenvalue weighted by Gasteiger charge is -2.34. The van der Waals surface area contributed by atoms with Gasteiger partial charge in [-0.3, -0.25) is 9.59 Å². The van der Waals surface area contributed by atoms with Crippen molar-refractivity contribution in [1.29, 1.82) is 0 Å². The molecule has 0 unspecified atom stereocenters. The Balaban J connectivity index is 1.40. The lowest BCUT2D eigenvalue weighted by Crippen LogP contribution is -2.45. The zero-order valence-corrected chi connectivity index (χ0v) is 23.7. The van der Waals surface area contributed by atoms with Gasteiger partial charge in [0.25, 0.3) is 5.91 Å². The SMILES string of the molecule is COCCCOc1cc(C(=O)N(C[C@@H]2CNC[C@H]2CN(C(=O)CCC2CC2)C2CC2)C(C)C)ccc1OC. The van der Waals surface area contributed by atoms with Crippen LogP contribution in [0.3, 0.4) is 0 Å². The Morgan fingerprint density at radius 1 is 1.00 bits per heavy atom. The summed E-state index contributed by atoms with van der Waals surface area (Å²) in [5, 5.41) is 3.54. The van der Waals surface area contributed by atoms with E-state index in [0.717, 1.165) is 51.2 Å². The van der Waals surface area contributed by atoms with Gasteiger partial charge >= 0.3 is 0 Å². The number of ether oxygens (including phenoxy) is 3. The predicted octanol–water partition coefficient (Wildman–Crippen LogP) is 3.98. The Morgan fingerprint density at radius 3 is 2.37 bits per heavy atom. The van der Waals surface area contributed by atoms with Crippen molar-refractivity contribution >= 4 is 11.8 Å². The Bertz CT molecular complexity index is 930. The molecule has 2 amide bonds. The van der Waals surface area contributed by atoms with Crippen LogP contribution in [0.2, 0.25) is 0 Å². The number of benzene rings is 1. The highest BCUT2D eigenvalue weighted by atomic mass is 16.5. The van der Waals surface area contributed by atoms with Crippen LogP contribution < -0.4 is 14.8 Å². The molecule has 3 aliphatic rings. The minimum absolute atomic E-state index is 0.00500. The number of carbonyl (C=O) groups is 2. The maximum Gasteiger partial charge on any atom is 0.254 e. The highest BCUT2D eigenvalue weighted by Gasteiger charge is 2.38. The molecule has 4 rings (SSSR count). The predicted molar refractivity (Wildman–Crippen MR) is 148 cm³/mol. The normalized spacial score (nSPS) is 21.0. The van der Waals surface area contributed by atoms with Crippen LogP contribution in [0.15, 0.2) is 18.2 Å². The second kappa shape index (κ2) is 13.7. The van der Waals surface area contributed by atoms with Crippen molar-refractivity contribution in [2.24, 2.45) is 17.8 Å². The zero-order chi connectivity index (χ0) is 27.1. The molecule has 2 saturated carbocycles. The van der Waals surface area contributed by atoms with Gasteiger partial charge < -0.3 is 29.3 Å². The molecule has 0 spiro atoms. The van der Waals surface area contributed by atoms with Gasteiger partial charge in [0.05, 0.1) is 13.7 Å². The van der Waals surface area contributed by atoms with Gasteiger partial charge in [-0.2, -0.15) is 0 Å². The minimum Gasteiger partial charge on any atom is -0.493 e. The molecule has 2 atom stereocenters. The van der Waals surface area contributed by atoms with Gasteiger partial charge in [0.1, 0.15) is 0 Å². The van der Waals surface area contributed by atoms with Gasteiger partial charge in [0, 0.05) is 70.4 Å². The van der Waals surface area contributed by atoms with Crippen LogP contribution in [0.25, 0.3) is 0 Å². The van der Waals surface area contributed by atoms with E-state index in [1.807, 2.05) is 11.0 Å². The van der Waals surface area contributed by atoms with E-state index in [2.05, 4.69) is 24.1 Å². The highest BCUT2D eigenvalue weighted by molar-refractivity contribution is 5.95. The lowest BCUT2D eigenvalue weighted by molar-refractivity contribution is -0.132. The first kappa shape index (κ1) is 28.7. The number of hydrogen-bond donors (Lipinski definition) is 1. The molecular formula is C30H47N3O5. The fraction of sp³-hybridized carbons (Fsp3) is 0.733. The third-order valence-corrected chi connectivity index (χ3v) is 8.16. The maximum atomic E-state index is 13.7. The van der Waals surface area contributed by atoms with Gasteiger partial charge in [-0.1, -0.05) is 12.8 Å². The number of rotatable bonds is 16. The summed E-state index contributed by atoms with van der Waals surface area (Å²) < 4.78 is 16.5. The number of amides is 2. The van der Waals surface area contributed by atoms with Gasteiger partial charge in [0.15, 0.2) is 11.5 Å². The second-order valence-electron chi connectivity index (χ2n) is 11.5. The smallest absolute Gasteiger partial charge is 0.254 e. The molecule has 0 aromatic heterocycles. The first-order chi connectivity index (χ1) is 18.4. The third kappa shape index (κ3) is 7.85. The molecule has 1 aromatic rings. The first-order valence-corrected chi connectivity index (χ1v) is 14.5. The Kier molecular flexibility index (Phi) is 10.3. The monoisotopic (exact) mass is 529 g/mol. The van der Waals surface area contributed by atoms with Crippen LogP contribution in [0, 0.1) is 17.8 Å². The maximum absolute atomic E-state index is 13.7. The number of methoxy groups -OCH3 is 2. The summed E-state index contributed by atoms with van der Waals surface area (Å²) in [6.45, 7) is 8.47. The van der Waals surface area contributed by atoms with E-state index >= 15 is 0 Å². The van der Waals surface area contributed by atoms with Gasteiger partial charge in [0.2, 0.25) is 5.91 Å². The Labute approximate surface area is 228 Å². The van der Waals surface area contributed by atoms with Crippen LogP contribution in [0.1, 0.15) is 69.2 Å². The molecule has 1 N–H and O–H groups in total. The average Bonchev–Trinajstić information content (AvgIpc) is 3.85. The van der Waals surface area contributed by atoms with Gasteiger partial charge in [-0.25, -0.2) is 0 Å². The van der Waals surface area contributed by atoms with Crippen molar-refractivity contribution < 1.29 is 23.8 Å². The van der Waals surface area contributed by atoms with E-state index in [1.165, 1.54) is 12.8 Å². The molecule has 1 heterocycles. The average molecular weight is 530 g/mol. The van der Waals surface area contributed by atoms with Crippen molar-refractivity contribution in [3.8, 4) is 11.5 Å². The molecule has 0 radical (unpaired) electrons. The van der Waals surface area contributed by atoms with Gasteiger partial charge in [-0.05, 0) is 69.1 Å². The highest BCUT2D eigenvalue weighted by Crippen LogP contribution is 2.36. The second-order valence-corrected chi connectivity index (χ2v) is 11.5. The molecule has 8 nitrogen and oxygen atoms in total. The molecule has 1 aliphatic heterocycles. The van der Waals surface area contributed by atoms with E-state index in [4.69, 9.17) is 14.2 Å². The van der Waals surface area contributed by atoms with Crippen molar-refractivity contribution in [2.45, 2.75) is 70.9 Å². The molecule has 1 saturated heterocycles. The fourth-order valence-electron chi connectivity index (χ4n) is 5.44. The topological polar surface area (TPSA) is 80.3 Å². The van der Waals surface area contributed by atoms with Crippen LogP contribution in [-0.4, -0.2) is 87.3 Å². The summed E-state index contributed by atoms with van der Waals surface area (Å²) in [5.74, 6) is 2.95. The minimum atomic E-state index is -0.00500. The molecule has 212 valence electrons. The van der Waals surface area contributed by atoms with E-state index in [9.17, 15) is 9.59 Å². The van der Waals surface area contributed by atoms with Gasteiger partial charge in [-0.15, -0.1) is 0 Å². The lowest BCUT2D eigenvalue weighted by atomic mass is 9.93. The van der Waals surface area contributed by atoms with Crippen molar-refractivity contribution in [3.05, 3.63) is 23.8 Å². The quantitative estimate of drug-likeness (QED) is 0.327. The summed E-state index contributed by atoms with van der Waals surface area (Å²) in [7, 11) is 3.27. The molecule has 0 bridgehead atoms. The standard InChI is InChI=1S/C30H47N3O5/c1-21(2)32(30(35)23-9-12-27(37-4)28(16-23)38-15-5-14-36-3)19-24-17-31-18-25(24)20-33(26-10-11-26)29(34)13-8-22-6-7-22/h9,12,16,21-22,24-26,31H,5-8,10-11,13-15,17-20H2,1-4H3/t24-,25-/m0/s1. The van der Waals surface area contributed by atoms with E-state index in [0.29, 0.717) is 67.0 Å². The Hall–Kier alpha value is -2.32. The first-order valence-electron chi connectivity index (χ1n) is 14.5. The summed E-state index contributed by atoms with van der Waals surface area (Å²) in [4.78, 5) is 31.0. The van der Waals surface area contributed by atoms with Crippen molar-refractivity contribution in [3.63, 3.8) is 0 Å². The van der Waals surface area contributed by atoms with Crippen LogP contribution in [0.4, 0.5) is 0 Å². The van der Waals surface area contributed by atoms with Crippen LogP contribution >= 0.6 is 0 Å². The number of nitrogens with one attached hydrogen (secondary N) is 1. The zero-order valence-electron chi connectivity index (χ0n) is 23.7. The largest absolute Gasteiger partial charge is 0.493 e. The number of nitrogens with zero attached hydrogens (tertiary/aromatic N) is 2. The molecule has 8 heteroatoms. The van der Waals surface area contributed by atoms with E-state index in [1.54, 1.807) is 26.4 Å². The molecule has 3 fully saturated rings. The van der Waals surface area contributed by atoms with Crippen LogP contribution in [-0.2, 0) is 9.53 Å². The fourth-order valence-corrected chi connectivity index (χ4v) is 5.44. The molecule has 2 aliphatic carbocycles. The van der Waals surface area contributed by atoms with Crippen molar-refractivity contribution in [2.75, 3.05) is 53.6 Å². The number of hydrogen-bond acceptors (Lipinski definition) is 6. The van der Waals surface area contributed by atoms with E-state index in [-0.39, 0.29) is 11.9 Å². The molecular weight excluding hydrogens is 482 g/mol. The Morgan fingerprint density at radius 2 is 1.74 bits per heavy atom. The molecule has 38 heavy (non-hydrogen) atoms. The summed E-state index contributed by atoms with van der Waals surface area (Å²) in [6.07, 6.45) is 7.33. The number of carbonyl (C=O) groups excluding carboxylic acids is 2. The summed E-state index contributed by atoms with van der Waals surface area (Å²) in [6, 6.07) is 5.89. The van der Waals surface area contributed by atoms with Crippen molar-refractivity contribution in [1.82, 2.24) is 15.1 Å². The molecule has 1 aromatic carbocycles.